The number of esters is 3. The van der Waals surface area contributed by atoms with Crippen molar-refractivity contribution in [3.05, 3.63) is 170 Å². The van der Waals surface area contributed by atoms with E-state index in [2.05, 4.69) is 191 Å². The Kier molecular flexibility index (Phi) is 94.0. The lowest BCUT2D eigenvalue weighted by molar-refractivity contribution is -0.161. The van der Waals surface area contributed by atoms with Gasteiger partial charge in [-0.25, -0.2) is 9.13 Å². The number of ether oxygens (including phenoxy) is 3. The molecule has 0 aliphatic heterocycles. The molecule has 0 aliphatic rings. The van der Waals surface area contributed by atoms with Crippen LogP contribution in [-0.2, 0) is 55.8 Å². The van der Waals surface area contributed by atoms with Gasteiger partial charge in [0.05, 0.1) is 26.4 Å². The smallest absolute Gasteiger partial charge is 0.463 e. The first-order chi connectivity index (χ1) is 61.2. The van der Waals surface area contributed by atoms with Crippen LogP contribution < -0.4 is 0 Å². The standard InChI is InChI=1S/C107H184O16P2/c1-4-7-10-13-16-19-22-25-28-31-34-37-40-43-45-47-49-50-52-54-55-58-60-63-66-69-72-75-78-81-84-87-90-93-105(110)117-96-102(108)97-119-124(113,114)120-98-103(109)99-121-125(115,116)122-101-104(123-107(112)95-92-89-86-83-80-77-74-71-68-65-62-57-42-39-36-33-30-27-24-21-18-15-12-9-6-3)100-118-106(111)94-91-88-85-82-79-76-73-70-67-64-61-59-56-53-51-48-46-44-41-38-35-32-29-26-23-20-17-14-11-8-5-2/h7-8,10-11,16-21,25-30,34-39,43-46,57,62,102-104,108-109H,4-6,9,12-15,22-24,31-33,40-42,47-56,58-61,63-101H2,1-3H3,(H,113,114)(H,115,116)/b10-7-,11-8-,19-16-,20-17-,21-18-,28-25-,29-26-,30-27-,37-34-,38-35-,39-36-,45-43-,46-44-,62-57-. The van der Waals surface area contributed by atoms with Crippen LogP contribution in [-0.4, -0.2) is 95.9 Å². The van der Waals surface area contributed by atoms with Gasteiger partial charge >= 0.3 is 33.6 Å². The molecule has 0 aliphatic carbocycles. The van der Waals surface area contributed by atoms with Gasteiger partial charge in [0.2, 0.25) is 0 Å². The minimum atomic E-state index is -4.95. The summed E-state index contributed by atoms with van der Waals surface area (Å²) < 4.78 is 61.7. The van der Waals surface area contributed by atoms with E-state index in [9.17, 15) is 43.5 Å². The Morgan fingerprint density at radius 2 is 0.424 bits per heavy atom. The number of allylic oxidation sites excluding steroid dienone is 28. The van der Waals surface area contributed by atoms with Gasteiger partial charge in [0.25, 0.3) is 0 Å². The third kappa shape index (κ3) is 99.3. The fourth-order valence-corrected chi connectivity index (χ4v) is 15.4. The minimum Gasteiger partial charge on any atom is -0.463 e. The van der Waals surface area contributed by atoms with E-state index in [1.807, 2.05) is 0 Å². The van der Waals surface area contributed by atoms with Crippen molar-refractivity contribution in [2.24, 2.45) is 0 Å². The average Bonchev–Trinajstić information content (AvgIpc) is 0.902. The lowest BCUT2D eigenvalue weighted by Crippen LogP contribution is -2.30. The van der Waals surface area contributed by atoms with E-state index in [1.165, 1.54) is 218 Å². The van der Waals surface area contributed by atoms with Gasteiger partial charge in [0.15, 0.2) is 6.10 Å². The summed E-state index contributed by atoms with van der Waals surface area (Å²) in [6, 6.07) is 0. The maximum absolute atomic E-state index is 13.1. The number of unbranched alkanes of at least 4 members (excludes halogenated alkanes) is 44. The molecule has 0 spiro atoms. The molecule has 0 aromatic carbocycles. The summed E-state index contributed by atoms with van der Waals surface area (Å²) in [6.45, 7) is 2.49. The quantitative estimate of drug-likeness (QED) is 0.0146. The van der Waals surface area contributed by atoms with Crippen LogP contribution in [0.5, 0.6) is 0 Å². The molecule has 0 saturated carbocycles. The zero-order chi connectivity index (χ0) is 90.7. The van der Waals surface area contributed by atoms with E-state index in [0.717, 1.165) is 154 Å². The normalized spacial score (nSPS) is 14.4. The van der Waals surface area contributed by atoms with Gasteiger partial charge in [-0.05, 0) is 154 Å². The molecule has 4 N–H and O–H groups in total. The first kappa shape index (κ1) is 120. The Morgan fingerprint density at radius 3 is 0.672 bits per heavy atom. The average molecular weight is 1790 g/mol. The van der Waals surface area contributed by atoms with Crippen LogP contribution >= 0.6 is 15.6 Å². The van der Waals surface area contributed by atoms with Crippen LogP contribution in [0.15, 0.2) is 170 Å². The summed E-state index contributed by atoms with van der Waals surface area (Å²) in [5, 5.41) is 20.8. The number of aliphatic hydroxyl groups excluding tert-OH is 2. The number of phosphoric ester groups is 2. The first-order valence-corrected chi connectivity index (χ1v) is 53.4. The highest BCUT2D eigenvalue weighted by molar-refractivity contribution is 7.47. The second-order valence-corrected chi connectivity index (χ2v) is 36.4. The molecule has 0 fully saturated rings. The summed E-state index contributed by atoms with van der Waals surface area (Å²) in [7, 11) is -9.82. The van der Waals surface area contributed by atoms with Crippen LogP contribution in [0.25, 0.3) is 0 Å². The van der Waals surface area contributed by atoms with Crippen LogP contribution in [0, 0.1) is 0 Å². The molecule has 0 radical (unpaired) electrons. The third-order valence-electron chi connectivity index (χ3n) is 21.4. The maximum atomic E-state index is 13.1. The maximum Gasteiger partial charge on any atom is 0.472 e. The van der Waals surface area contributed by atoms with Gasteiger partial charge < -0.3 is 34.2 Å². The molecule has 16 nitrogen and oxygen atoms in total. The van der Waals surface area contributed by atoms with E-state index in [1.54, 1.807) is 0 Å². The Hall–Kier alpha value is -5.09. The highest BCUT2D eigenvalue weighted by Gasteiger charge is 2.30. The lowest BCUT2D eigenvalue weighted by Gasteiger charge is -2.21. The highest BCUT2D eigenvalue weighted by Crippen LogP contribution is 2.45. The van der Waals surface area contributed by atoms with E-state index >= 15 is 0 Å². The molecule has 18 heteroatoms. The van der Waals surface area contributed by atoms with Gasteiger partial charge in [-0.15, -0.1) is 0 Å². The highest BCUT2D eigenvalue weighted by atomic mass is 31.2. The summed E-state index contributed by atoms with van der Waals surface area (Å²) >= 11 is 0. The lowest BCUT2D eigenvalue weighted by atomic mass is 10.0. The minimum absolute atomic E-state index is 0.0951. The summed E-state index contributed by atoms with van der Waals surface area (Å²) in [4.78, 5) is 59.2. The number of hydrogen-bond donors (Lipinski definition) is 4. The van der Waals surface area contributed by atoms with Crippen molar-refractivity contribution in [1.82, 2.24) is 0 Å². The van der Waals surface area contributed by atoms with E-state index < -0.39 is 91.5 Å². The van der Waals surface area contributed by atoms with Crippen LogP contribution in [0.2, 0.25) is 0 Å². The Balaban J connectivity index is 4.59. The monoisotopic (exact) mass is 1790 g/mol. The third-order valence-corrected chi connectivity index (χ3v) is 23.3. The molecule has 0 amide bonds. The molecule has 0 heterocycles. The second-order valence-electron chi connectivity index (χ2n) is 33.5. The largest absolute Gasteiger partial charge is 0.472 e. The zero-order valence-corrected chi connectivity index (χ0v) is 81.3. The number of hydrogen-bond acceptors (Lipinski definition) is 14. The molecule has 0 bridgehead atoms. The number of rotatable bonds is 95. The van der Waals surface area contributed by atoms with E-state index in [4.69, 9.17) is 32.3 Å². The van der Waals surface area contributed by atoms with Crippen LogP contribution in [0.1, 0.15) is 432 Å². The van der Waals surface area contributed by atoms with E-state index in [-0.39, 0.29) is 19.3 Å². The predicted octanol–water partition coefficient (Wildman–Crippen LogP) is 31.8. The number of carbonyl (C=O) groups excluding carboxylic acids is 3. The van der Waals surface area contributed by atoms with Crippen molar-refractivity contribution >= 4 is 33.6 Å². The van der Waals surface area contributed by atoms with Gasteiger partial charge in [-0.2, -0.15) is 0 Å². The van der Waals surface area contributed by atoms with Crippen molar-refractivity contribution in [3.63, 3.8) is 0 Å². The SMILES string of the molecule is CC/C=C\C/C=C\C/C=C\C/C=C\C/C=C\CCCCCCCCCCCCCCCCCCCC(=O)OCC(O)COP(=O)(O)OCC(O)COP(=O)(O)OCC(COC(=O)CCCCCCCCCCCCCCCCC/C=C\C/C=C\C/C=C\C/C=C\C/C=C\CC)OC(=O)CCCCCCCCCCC/C=C\C/C=C\C/C=C\C/C=C\CCCCC. The van der Waals surface area contributed by atoms with Crippen molar-refractivity contribution < 1.29 is 75.8 Å². The van der Waals surface area contributed by atoms with Crippen molar-refractivity contribution in [2.75, 3.05) is 39.6 Å². The van der Waals surface area contributed by atoms with Gasteiger partial charge in [-0.3, -0.25) is 32.5 Å². The summed E-state index contributed by atoms with van der Waals surface area (Å²) in [5.41, 5.74) is 0. The van der Waals surface area contributed by atoms with Crippen LogP contribution in [0.4, 0.5) is 0 Å². The summed E-state index contributed by atoms with van der Waals surface area (Å²) in [5.74, 6) is -1.57. The molecule has 0 rings (SSSR count). The van der Waals surface area contributed by atoms with Crippen molar-refractivity contribution in [2.45, 2.75) is 450 Å². The van der Waals surface area contributed by atoms with Gasteiger partial charge in [0.1, 0.15) is 25.4 Å². The zero-order valence-electron chi connectivity index (χ0n) is 79.5. The Bertz CT molecular complexity index is 2950. The number of carbonyl (C=O) groups is 3. The number of aliphatic hydroxyl groups is 2. The molecule has 0 aromatic rings. The fraction of sp³-hybridized carbons (Fsp3) is 0.710. The summed E-state index contributed by atoms with van der Waals surface area (Å²) in [6.07, 6.45) is 128. The fourth-order valence-electron chi connectivity index (χ4n) is 13.8. The second kappa shape index (κ2) is 98.0. The van der Waals surface area contributed by atoms with Gasteiger partial charge in [0, 0.05) is 19.3 Å². The predicted molar refractivity (Wildman–Crippen MR) is 528 cm³/mol. The Morgan fingerprint density at radius 1 is 0.232 bits per heavy atom. The molecule has 0 saturated heterocycles. The molecule has 5 atom stereocenters. The number of phosphoric acid groups is 2. The van der Waals surface area contributed by atoms with Crippen molar-refractivity contribution in [3.8, 4) is 0 Å². The molecule has 718 valence electrons. The van der Waals surface area contributed by atoms with E-state index in [0.29, 0.717) is 19.3 Å². The molecule has 125 heavy (non-hydrogen) atoms. The molecular formula is C107H184O16P2. The topological polar surface area (TPSA) is 231 Å². The molecular weight excluding hydrogens is 1600 g/mol. The molecule has 0 aromatic heterocycles. The van der Waals surface area contributed by atoms with Crippen molar-refractivity contribution in [1.29, 1.82) is 0 Å². The van der Waals surface area contributed by atoms with Crippen LogP contribution in [0.3, 0.4) is 0 Å². The first-order valence-electron chi connectivity index (χ1n) is 50.4. The van der Waals surface area contributed by atoms with Gasteiger partial charge in [-0.1, -0.05) is 428 Å². The Labute approximate surface area is 764 Å². The molecule has 5 unspecified atom stereocenters.